The van der Waals surface area contributed by atoms with Gasteiger partial charge in [-0.25, -0.2) is 11.0 Å². The Balaban J connectivity index is 1.67. The van der Waals surface area contributed by atoms with Gasteiger partial charge in [-0.1, -0.05) is 18.2 Å². The van der Waals surface area contributed by atoms with E-state index in [-0.39, 0.29) is 11.6 Å². The Morgan fingerprint density at radius 1 is 1.09 bits per heavy atom. The molecule has 0 amide bonds. The van der Waals surface area contributed by atoms with Crippen LogP contribution in [0.3, 0.4) is 0 Å². The molecule has 0 bridgehead atoms. The number of aromatic hydroxyl groups is 1. The topological polar surface area (TPSA) is 127 Å². The van der Waals surface area contributed by atoms with Crippen LogP contribution in [-0.2, 0) is 0 Å². The number of phenolic OH excluding ortho intramolecular Hbond substituents is 1. The fourth-order valence-electron chi connectivity index (χ4n) is 3.18. The van der Waals surface area contributed by atoms with Crippen molar-refractivity contribution in [1.82, 2.24) is 5.12 Å². The number of fused-ring (bicyclic) bond motifs is 1. The van der Waals surface area contributed by atoms with Crippen molar-refractivity contribution in [1.29, 1.82) is 0 Å². The Morgan fingerprint density at radius 3 is 2.48 bits per heavy atom. The van der Waals surface area contributed by atoms with Gasteiger partial charge in [0.05, 0.1) is 4.88 Å². The number of nitrogens with two attached hydrogens (primary N) is 2. The maximum absolute atomic E-state index is 11.0. The minimum absolute atomic E-state index is 0.183. The van der Waals surface area contributed by atoms with Crippen LogP contribution in [0.5, 0.6) is 17.2 Å². The first kappa shape index (κ1) is 22.0. The van der Waals surface area contributed by atoms with Gasteiger partial charge in [0.25, 0.3) is 0 Å². The quantitative estimate of drug-likeness (QED) is 0.109. The lowest BCUT2D eigenvalue weighted by Crippen LogP contribution is -2.23. The summed E-state index contributed by atoms with van der Waals surface area (Å²) in [5.41, 5.74) is 7.93. The van der Waals surface area contributed by atoms with Crippen molar-refractivity contribution in [2.45, 2.75) is 0 Å². The summed E-state index contributed by atoms with van der Waals surface area (Å²) >= 11 is 1.49. The number of amidine groups is 1. The Morgan fingerprint density at radius 2 is 1.82 bits per heavy atom. The Labute approximate surface area is 194 Å². The third-order valence-electron chi connectivity index (χ3n) is 4.68. The van der Waals surface area contributed by atoms with Crippen LogP contribution in [0.4, 0.5) is 5.69 Å². The molecule has 0 saturated carbocycles. The van der Waals surface area contributed by atoms with E-state index < -0.39 is 0 Å². The molecule has 0 aliphatic rings. The number of ether oxygens (including phenoxy) is 1. The summed E-state index contributed by atoms with van der Waals surface area (Å²) in [7, 11) is 1.59. The van der Waals surface area contributed by atoms with Crippen LogP contribution in [0.25, 0.3) is 26.6 Å². The van der Waals surface area contributed by atoms with E-state index in [2.05, 4.69) is 10.3 Å². The van der Waals surface area contributed by atoms with Gasteiger partial charge < -0.3 is 15.6 Å². The zero-order valence-electron chi connectivity index (χ0n) is 17.7. The predicted octanol–water partition coefficient (Wildman–Crippen LogP) is 5.56. The number of nitroso groups, excluding NO2 is 1. The van der Waals surface area contributed by atoms with E-state index in [1.54, 1.807) is 37.4 Å². The second-order valence-electron chi connectivity index (χ2n) is 7.18. The van der Waals surface area contributed by atoms with Crippen LogP contribution < -0.4 is 16.3 Å². The number of rotatable bonds is 7. The maximum Gasteiger partial charge on any atom is 0.153 e. The Hall–Kier alpha value is -4.21. The van der Waals surface area contributed by atoms with Crippen LogP contribution in [0, 0.1) is 4.91 Å². The average Bonchev–Trinajstić information content (AvgIpc) is 3.16. The van der Waals surface area contributed by atoms with Gasteiger partial charge in [-0.3, -0.25) is 0 Å². The minimum Gasteiger partial charge on any atom is -0.508 e. The first-order valence-corrected chi connectivity index (χ1v) is 10.7. The van der Waals surface area contributed by atoms with Crippen molar-refractivity contribution in [2.24, 2.45) is 21.9 Å². The maximum atomic E-state index is 11.0. The van der Waals surface area contributed by atoms with Crippen LogP contribution in [0.1, 0.15) is 5.56 Å². The predicted molar refractivity (Wildman–Crippen MR) is 134 cm³/mol. The van der Waals surface area contributed by atoms with Crippen LogP contribution >= 0.6 is 11.3 Å². The number of hydrogen-bond donors (Lipinski definition) is 3. The summed E-state index contributed by atoms with van der Waals surface area (Å²) in [5, 5.41) is 18.6. The van der Waals surface area contributed by atoms with Crippen molar-refractivity contribution in [3.8, 4) is 27.7 Å². The van der Waals surface area contributed by atoms with E-state index in [4.69, 9.17) is 16.3 Å². The fourth-order valence-corrected chi connectivity index (χ4v) is 4.35. The van der Waals surface area contributed by atoms with Gasteiger partial charge in [0.15, 0.2) is 5.75 Å². The molecule has 8 nitrogen and oxygen atoms in total. The number of hydrogen-bond acceptors (Lipinski definition) is 8. The summed E-state index contributed by atoms with van der Waals surface area (Å²) in [5.74, 6) is 7.23. The smallest absolute Gasteiger partial charge is 0.153 e. The van der Waals surface area contributed by atoms with Gasteiger partial charge in [-0.15, -0.1) is 21.3 Å². The highest BCUT2D eigenvalue weighted by Crippen LogP contribution is 2.47. The highest BCUT2D eigenvalue weighted by Gasteiger charge is 2.17. The standard InChI is InChI=1S/C24H21N5O3S/c1-29(26)27-22(25)13-4-15-2-10-19(11-3-15)32-23-20-12-7-17(28-31)14-21(20)33-24(23)16-5-8-18(30)9-6-16/h2-14,30H,26H2,1H3,(H2,25,27)/b13-4+. The SMILES string of the molecule is CN(N)/N=C(N)/C=C/c1ccc(Oc2c(-c3ccc(O)cc3)sc3cc(N=O)ccc23)cc1. The van der Waals surface area contributed by atoms with E-state index in [1.807, 2.05) is 48.5 Å². The van der Waals surface area contributed by atoms with E-state index in [0.717, 1.165) is 31.2 Å². The molecule has 0 aliphatic carbocycles. The minimum atomic E-state index is 0.183. The second-order valence-corrected chi connectivity index (χ2v) is 8.23. The highest BCUT2D eigenvalue weighted by atomic mass is 32.1. The van der Waals surface area contributed by atoms with Gasteiger partial charge in [0.2, 0.25) is 0 Å². The van der Waals surface area contributed by atoms with E-state index in [1.165, 1.54) is 11.3 Å². The summed E-state index contributed by atoms with van der Waals surface area (Å²) in [4.78, 5) is 11.9. The number of phenols is 1. The number of thiophene rings is 1. The van der Waals surface area contributed by atoms with Gasteiger partial charge in [-0.2, -0.15) is 0 Å². The van der Waals surface area contributed by atoms with Crippen LogP contribution in [0.15, 0.2) is 83.1 Å². The van der Waals surface area contributed by atoms with Gasteiger partial charge >= 0.3 is 0 Å². The molecule has 5 N–H and O–H groups in total. The second kappa shape index (κ2) is 9.51. The molecule has 0 radical (unpaired) electrons. The molecular weight excluding hydrogens is 438 g/mol. The zero-order chi connectivity index (χ0) is 23.4. The molecule has 0 atom stereocenters. The average molecular weight is 460 g/mol. The molecule has 9 heteroatoms. The zero-order valence-corrected chi connectivity index (χ0v) is 18.5. The molecule has 4 aromatic rings. The van der Waals surface area contributed by atoms with Crippen molar-refractivity contribution in [3.63, 3.8) is 0 Å². The number of nitrogens with zero attached hydrogens (tertiary/aromatic N) is 3. The molecule has 33 heavy (non-hydrogen) atoms. The fraction of sp³-hybridized carbons (Fsp3) is 0.0417. The largest absolute Gasteiger partial charge is 0.508 e. The molecule has 1 heterocycles. The molecule has 4 rings (SSSR count). The summed E-state index contributed by atoms with van der Waals surface area (Å²) in [6.45, 7) is 0. The molecule has 0 saturated heterocycles. The van der Waals surface area contributed by atoms with Crippen molar-refractivity contribution in [3.05, 3.63) is 83.3 Å². The van der Waals surface area contributed by atoms with E-state index in [9.17, 15) is 10.0 Å². The third kappa shape index (κ3) is 5.17. The first-order valence-electron chi connectivity index (χ1n) is 9.91. The van der Waals surface area contributed by atoms with E-state index >= 15 is 0 Å². The number of hydrazone groups is 1. The van der Waals surface area contributed by atoms with Crippen molar-refractivity contribution in [2.75, 3.05) is 7.05 Å². The van der Waals surface area contributed by atoms with Crippen molar-refractivity contribution < 1.29 is 9.84 Å². The molecule has 0 fully saturated rings. The summed E-state index contributed by atoms with van der Waals surface area (Å²) < 4.78 is 7.18. The molecule has 166 valence electrons. The highest BCUT2D eigenvalue weighted by molar-refractivity contribution is 7.22. The molecule has 1 aromatic heterocycles. The number of benzene rings is 3. The van der Waals surface area contributed by atoms with E-state index in [0.29, 0.717) is 17.2 Å². The van der Waals surface area contributed by atoms with Gasteiger partial charge in [0.1, 0.15) is 23.0 Å². The van der Waals surface area contributed by atoms with Gasteiger partial charge in [0, 0.05) is 17.1 Å². The normalized spacial score (nSPS) is 11.8. The summed E-state index contributed by atoms with van der Waals surface area (Å²) in [6, 6.07) is 19.6. The lowest BCUT2D eigenvalue weighted by atomic mass is 10.1. The lowest BCUT2D eigenvalue weighted by Gasteiger charge is -2.09. The Kier molecular flexibility index (Phi) is 6.34. The number of hydrazine groups is 1. The lowest BCUT2D eigenvalue weighted by molar-refractivity contribution is 0.372. The monoisotopic (exact) mass is 459 g/mol. The molecule has 0 spiro atoms. The third-order valence-corrected chi connectivity index (χ3v) is 5.87. The molecule has 3 aromatic carbocycles. The van der Waals surface area contributed by atoms with Gasteiger partial charge in [-0.05, 0) is 77.0 Å². The molecule has 0 aliphatic heterocycles. The summed E-state index contributed by atoms with van der Waals surface area (Å²) in [6.07, 6.45) is 3.48. The van der Waals surface area contributed by atoms with Crippen molar-refractivity contribution >= 4 is 39.0 Å². The Bertz CT molecular complexity index is 1340. The molecule has 0 unspecified atom stereocenters. The molecular formula is C24H21N5O3S. The van der Waals surface area contributed by atoms with Crippen LogP contribution in [-0.4, -0.2) is 23.1 Å². The van der Waals surface area contributed by atoms with Crippen LogP contribution in [0.2, 0.25) is 0 Å². The first-order chi connectivity index (χ1) is 15.9.